The van der Waals surface area contributed by atoms with Crippen molar-refractivity contribution in [1.82, 2.24) is 0 Å². The van der Waals surface area contributed by atoms with Crippen LogP contribution in [0.4, 0.5) is 0 Å². The molecule has 0 amide bonds. The summed E-state index contributed by atoms with van der Waals surface area (Å²) in [6.45, 7) is 5.53. The van der Waals surface area contributed by atoms with E-state index < -0.39 is 23.9 Å². The molecular weight excluding hydrogens is 335 g/mol. The maximum absolute atomic E-state index is 9.00. The zero-order chi connectivity index (χ0) is 17.7. The standard InChI is InChI=1S/C2H8N2.4C2H4O2.Ni/c3-1-2-4;4*1-2(3)4;/h1-4H2;4*1H3,(H,3,4);. The smallest absolute Gasteiger partial charge is 0.300 e. The summed E-state index contributed by atoms with van der Waals surface area (Å²) in [7, 11) is 0. The fraction of sp³-hybridized carbons (Fsp3) is 0.600. The molecule has 0 aliphatic rings. The SMILES string of the molecule is CC(=O)O.CC(=O)O.CC(=O)O.CC(=O)O.NCCN.[Ni]. The molecule has 8 N–H and O–H groups in total. The van der Waals surface area contributed by atoms with Crippen molar-refractivity contribution in [3.8, 4) is 0 Å². The van der Waals surface area contributed by atoms with Gasteiger partial charge in [-0.25, -0.2) is 0 Å². The second-order valence-corrected chi connectivity index (χ2v) is 2.65. The van der Waals surface area contributed by atoms with Crippen LogP contribution in [0.25, 0.3) is 0 Å². The number of aliphatic carboxylic acids is 4. The molecule has 0 spiro atoms. The van der Waals surface area contributed by atoms with Crippen LogP contribution < -0.4 is 11.5 Å². The number of hydrogen-bond donors (Lipinski definition) is 6. The first-order valence-corrected chi connectivity index (χ1v) is 5.03. The molecule has 0 atom stereocenters. The predicted molar refractivity (Wildman–Crippen MR) is 71.3 cm³/mol. The van der Waals surface area contributed by atoms with E-state index in [1.165, 1.54) is 0 Å². The molecule has 0 bridgehead atoms. The van der Waals surface area contributed by atoms with Crippen molar-refractivity contribution in [2.45, 2.75) is 27.7 Å². The minimum atomic E-state index is -0.833. The van der Waals surface area contributed by atoms with Gasteiger partial charge in [0.2, 0.25) is 0 Å². The molecule has 0 aromatic heterocycles. The average Bonchev–Trinajstić information content (AvgIpc) is 2.13. The Morgan fingerprint density at radius 2 is 0.667 bits per heavy atom. The number of rotatable bonds is 1. The molecule has 0 saturated heterocycles. The van der Waals surface area contributed by atoms with Crippen molar-refractivity contribution in [2.24, 2.45) is 11.5 Å². The number of carboxylic acids is 4. The van der Waals surface area contributed by atoms with Crippen LogP contribution in [0.3, 0.4) is 0 Å². The largest absolute Gasteiger partial charge is 0.481 e. The van der Waals surface area contributed by atoms with E-state index in [1.807, 2.05) is 0 Å². The van der Waals surface area contributed by atoms with E-state index in [1.54, 1.807) is 0 Å². The Balaban J connectivity index is -0.0000000331. The summed E-state index contributed by atoms with van der Waals surface area (Å²) in [6.07, 6.45) is 0. The van der Waals surface area contributed by atoms with Gasteiger partial charge in [0.15, 0.2) is 0 Å². The van der Waals surface area contributed by atoms with Crippen LogP contribution >= 0.6 is 0 Å². The first kappa shape index (κ1) is 36.5. The van der Waals surface area contributed by atoms with E-state index in [9.17, 15) is 0 Å². The maximum atomic E-state index is 9.00. The fourth-order valence-electron chi connectivity index (χ4n) is 0. The second kappa shape index (κ2) is 36.2. The molecule has 11 heteroatoms. The van der Waals surface area contributed by atoms with E-state index in [4.69, 9.17) is 51.1 Å². The molecule has 0 aliphatic carbocycles. The summed E-state index contributed by atoms with van der Waals surface area (Å²) in [5, 5.41) is 29.7. The third-order valence-corrected chi connectivity index (χ3v) is 0.167. The monoisotopic (exact) mass is 358 g/mol. The third-order valence-electron chi connectivity index (χ3n) is 0.167. The van der Waals surface area contributed by atoms with E-state index in [0.717, 1.165) is 27.7 Å². The Morgan fingerprint density at radius 1 is 0.619 bits per heavy atom. The van der Waals surface area contributed by atoms with Gasteiger partial charge in [-0.3, -0.25) is 19.2 Å². The topological polar surface area (TPSA) is 201 Å². The van der Waals surface area contributed by atoms with Gasteiger partial charge in [-0.15, -0.1) is 0 Å². The van der Waals surface area contributed by atoms with Crippen LogP contribution in [-0.4, -0.2) is 57.4 Å². The summed E-state index contributed by atoms with van der Waals surface area (Å²) < 4.78 is 0. The van der Waals surface area contributed by atoms with Gasteiger partial charge in [0.05, 0.1) is 0 Å². The van der Waals surface area contributed by atoms with Crippen LogP contribution in [-0.2, 0) is 35.7 Å². The van der Waals surface area contributed by atoms with Crippen molar-refractivity contribution in [3.05, 3.63) is 0 Å². The number of carboxylic acid groups (broad SMARTS) is 4. The van der Waals surface area contributed by atoms with Gasteiger partial charge < -0.3 is 31.9 Å². The Bertz CT molecular complexity index is 195. The van der Waals surface area contributed by atoms with Gasteiger partial charge in [-0.1, -0.05) is 0 Å². The van der Waals surface area contributed by atoms with Crippen LogP contribution in [0.2, 0.25) is 0 Å². The summed E-state index contributed by atoms with van der Waals surface area (Å²) >= 11 is 0. The summed E-state index contributed by atoms with van der Waals surface area (Å²) in [5.74, 6) is -3.33. The zero-order valence-electron chi connectivity index (χ0n) is 12.3. The molecule has 0 aromatic rings. The van der Waals surface area contributed by atoms with Gasteiger partial charge in [0, 0.05) is 57.3 Å². The molecule has 0 unspecified atom stereocenters. The van der Waals surface area contributed by atoms with Crippen molar-refractivity contribution in [1.29, 1.82) is 0 Å². The molecule has 0 rings (SSSR count). The normalized spacial score (nSPS) is 6.19. The van der Waals surface area contributed by atoms with Crippen molar-refractivity contribution in [2.75, 3.05) is 13.1 Å². The first-order valence-electron chi connectivity index (χ1n) is 5.03. The van der Waals surface area contributed by atoms with E-state index in [0.29, 0.717) is 13.1 Å². The van der Waals surface area contributed by atoms with E-state index >= 15 is 0 Å². The van der Waals surface area contributed by atoms with Crippen LogP contribution in [0.1, 0.15) is 27.7 Å². The van der Waals surface area contributed by atoms with E-state index in [2.05, 4.69) is 0 Å². The molecule has 0 radical (unpaired) electrons. The summed E-state index contributed by atoms with van der Waals surface area (Å²) in [6, 6.07) is 0. The molecular formula is C10H24N2NiO8. The number of nitrogens with two attached hydrogens (primary N) is 2. The molecule has 0 aromatic carbocycles. The van der Waals surface area contributed by atoms with Gasteiger partial charge in [-0.05, 0) is 0 Å². The van der Waals surface area contributed by atoms with Crippen molar-refractivity contribution in [3.63, 3.8) is 0 Å². The van der Waals surface area contributed by atoms with Crippen LogP contribution in [0.15, 0.2) is 0 Å². The van der Waals surface area contributed by atoms with Gasteiger partial charge in [-0.2, -0.15) is 0 Å². The Labute approximate surface area is 133 Å². The molecule has 0 aliphatic heterocycles. The van der Waals surface area contributed by atoms with Gasteiger partial charge in [0.1, 0.15) is 0 Å². The zero-order valence-corrected chi connectivity index (χ0v) is 13.3. The average molecular weight is 359 g/mol. The second-order valence-electron chi connectivity index (χ2n) is 2.65. The van der Waals surface area contributed by atoms with E-state index in [-0.39, 0.29) is 16.5 Å². The molecule has 132 valence electrons. The van der Waals surface area contributed by atoms with Crippen LogP contribution in [0, 0.1) is 0 Å². The fourth-order valence-corrected chi connectivity index (χ4v) is 0. The first-order chi connectivity index (χ1) is 8.84. The number of hydrogen-bond acceptors (Lipinski definition) is 6. The molecule has 0 fully saturated rings. The molecule has 10 nitrogen and oxygen atoms in total. The maximum Gasteiger partial charge on any atom is 0.300 e. The molecule has 0 saturated carbocycles. The third kappa shape index (κ3) is 9730. The van der Waals surface area contributed by atoms with Gasteiger partial charge in [0.25, 0.3) is 23.9 Å². The predicted octanol–water partition coefficient (Wildman–Crippen LogP) is -0.735. The summed E-state index contributed by atoms with van der Waals surface area (Å²) in [5.41, 5.74) is 9.81. The van der Waals surface area contributed by atoms with Crippen molar-refractivity contribution >= 4 is 23.9 Å². The minimum absolute atomic E-state index is 0. The molecule has 0 heterocycles. The van der Waals surface area contributed by atoms with Crippen molar-refractivity contribution < 1.29 is 56.1 Å². The van der Waals surface area contributed by atoms with Crippen LogP contribution in [0.5, 0.6) is 0 Å². The quantitative estimate of drug-likeness (QED) is 0.324. The minimum Gasteiger partial charge on any atom is -0.481 e. The number of carbonyl (C=O) groups is 4. The van der Waals surface area contributed by atoms with Gasteiger partial charge >= 0.3 is 0 Å². The Hall–Kier alpha value is -1.71. The summed E-state index contributed by atoms with van der Waals surface area (Å²) in [4.78, 5) is 36.0. The molecule has 21 heavy (non-hydrogen) atoms. The Kier molecular flexibility index (Phi) is 63.0. The Morgan fingerprint density at radius 3 is 0.667 bits per heavy atom.